The summed E-state index contributed by atoms with van der Waals surface area (Å²) in [7, 11) is 1.79. The maximum absolute atomic E-state index is 13.4. The summed E-state index contributed by atoms with van der Waals surface area (Å²) in [6.07, 6.45) is 5.61. The van der Waals surface area contributed by atoms with Crippen LogP contribution in [0.2, 0.25) is 0 Å². The zero-order valence-electron chi connectivity index (χ0n) is 25.7. The van der Waals surface area contributed by atoms with Gasteiger partial charge in [-0.25, -0.2) is 14.6 Å². The summed E-state index contributed by atoms with van der Waals surface area (Å²) in [6, 6.07) is 19.1. The van der Waals surface area contributed by atoms with E-state index in [2.05, 4.69) is 41.2 Å². The molecule has 0 bridgehead atoms. The number of ether oxygens (including phenoxy) is 1. The Bertz CT molecular complexity index is 1730. The molecule has 1 atom stereocenters. The molecule has 0 unspecified atom stereocenters. The molecule has 6 rings (SSSR count). The fourth-order valence-electron chi connectivity index (χ4n) is 6.01. The first kappa shape index (κ1) is 29.5. The smallest absolute Gasteiger partial charge is 0.164 e. The summed E-state index contributed by atoms with van der Waals surface area (Å²) in [5, 5.41) is 13.1. The number of fused-ring (bicyclic) bond motifs is 1. The quantitative estimate of drug-likeness (QED) is 0.189. The molecule has 10 heteroatoms. The number of nitrogens with zero attached hydrogens (tertiary/aromatic N) is 5. The summed E-state index contributed by atoms with van der Waals surface area (Å²) in [5.41, 5.74) is 9.24. The van der Waals surface area contributed by atoms with E-state index in [1.807, 2.05) is 65.3 Å². The van der Waals surface area contributed by atoms with Crippen LogP contribution >= 0.6 is 0 Å². The van der Waals surface area contributed by atoms with Gasteiger partial charge in [-0.3, -0.25) is 4.79 Å². The fourth-order valence-corrected chi connectivity index (χ4v) is 6.01. The Morgan fingerprint density at radius 2 is 1.75 bits per heavy atom. The molecule has 1 fully saturated rings. The van der Waals surface area contributed by atoms with Crippen molar-refractivity contribution in [2.24, 2.45) is 5.92 Å². The summed E-state index contributed by atoms with van der Waals surface area (Å²) < 4.78 is 13.5. The van der Waals surface area contributed by atoms with Gasteiger partial charge in [-0.2, -0.15) is 5.10 Å². The number of para-hydroxylation sites is 1. The molecule has 1 aliphatic rings. The number of hydrogen-bond acceptors (Lipinski definition) is 9. The van der Waals surface area contributed by atoms with E-state index < -0.39 is 6.04 Å². The predicted molar refractivity (Wildman–Crippen MR) is 169 cm³/mol. The van der Waals surface area contributed by atoms with Gasteiger partial charge in [-0.05, 0) is 75.0 Å². The Morgan fingerprint density at radius 3 is 2.41 bits per heavy atom. The molecule has 10 nitrogen and oxygen atoms in total. The Balaban J connectivity index is 1.16. The number of nitrogens with one attached hydrogen (secondary N) is 1. The van der Waals surface area contributed by atoms with Gasteiger partial charge in [0, 0.05) is 23.5 Å². The second-order valence-electron chi connectivity index (χ2n) is 12.6. The van der Waals surface area contributed by atoms with Gasteiger partial charge in [-0.1, -0.05) is 44.1 Å². The van der Waals surface area contributed by atoms with Crippen LogP contribution in [0.1, 0.15) is 76.4 Å². The lowest BCUT2D eigenvalue weighted by atomic mass is 9.82. The van der Waals surface area contributed by atoms with E-state index in [0.29, 0.717) is 23.9 Å². The minimum atomic E-state index is -0.477. The molecule has 228 valence electrons. The van der Waals surface area contributed by atoms with Gasteiger partial charge >= 0.3 is 0 Å². The molecule has 0 spiro atoms. The Hall–Kier alpha value is -4.57. The average Bonchev–Trinajstić information content (AvgIpc) is 3.66. The van der Waals surface area contributed by atoms with Crippen molar-refractivity contribution in [2.45, 2.75) is 70.4 Å². The second-order valence-corrected chi connectivity index (χ2v) is 12.6. The van der Waals surface area contributed by atoms with Crippen LogP contribution in [0.4, 0.5) is 5.82 Å². The molecular formula is C34H39N7O3. The third kappa shape index (κ3) is 6.07. The summed E-state index contributed by atoms with van der Waals surface area (Å²) in [4.78, 5) is 22.2. The molecule has 3 heterocycles. The van der Waals surface area contributed by atoms with E-state index >= 15 is 0 Å². The molecule has 5 aromatic rings. The minimum absolute atomic E-state index is 0.136. The number of nitrogens with two attached hydrogens (primary N) is 1. The van der Waals surface area contributed by atoms with Crippen LogP contribution in [0.15, 0.2) is 71.5 Å². The van der Waals surface area contributed by atoms with Crippen molar-refractivity contribution in [1.82, 2.24) is 30.2 Å². The van der Waals surface area contributed by atoms with Crippen LogP contribution in [0.25, 0.3) is 22.3 Å². The first-order valence-corrected chi connectivity index (χ1v) is 15.2. The Labute approximate surface area is 257 Å². The lowest BCUT2D eigenvalue weighted by molar-refractivity contribution is -0.122. The Kier molecular flexibility index (Phi) is 8.18. The van der Waals surface area contributed by atoms with E-state index in [-0.39, 0.29) is 17.2 Å². The molecule has 3 N–H and O–H groups in total. The van der Waals surface area contributed by atoms with E-state index in [4.69, 9.17) is 20.1 Å². The molecule has 0 saturated heterocycles. The van der Waals surface area contributed by atoms with Gasteiger partial charge in [-0.15, -0.1) is 0 Å². The maximum Gasteiger partial charge on any atom is 0.164 e. The van der Waals surface area contributed by atoms with Gasteiger partial charge in [0.25, 0.3) is 0 Å². The molecule has 0 radical (unpaired) electrons. The van der Waals surface area contributed by atoms with Gasteiger partial charge < -0.3 is 20.3 Å². The highest BCUT2D eigenvalue weighted by atomic mass is 16.5. The van der Waals surface area contributed by atoms with Crippen molar-refractivity contribution in [1.29, 1.82) is 0 Å². The van der Waals surface area contributed by atoms with Gasteiger partial charge in [0.2, 0.25) is 0 Å². The molecule has 0 amide bonds. The SMILES string of the molecule is CN[C@H](C(=O)CC1CCC(n2nc(-c3ccc(Oc4ccccc4)cc3)c3c(N)ncnc32)CC1)c1cc(C(C)(C)C)on1. The molecule has 3 aromatic heterocycles. The average molecular weight is 594 g/mol. The third-order valence-electron chi connectivity index (χ3n) is 8.45. The second kappa shape index (κ2) is 12.2. The number of ketones is 1. The summed E-state index contributed by atoms with van der Waals surface area (Å²) in [5.74, 6) is 3.12. The number of likely N-dealkylation sites (N-methyl/N-ethyl adjacent to an activating group) is 1. The lowest BCUT2D eigenvalue weighted by Crippen LogP contribution is -2.29. The molecule has 0 aliphatic heterocycles. The topological polar surface area (TPSA) is 134 Å². The largest absolute Gasteiger partial charge is 0.457 e. The van der Waals surface area contributed by atoms with Gasteiger partial charge in [0.15, 0.2) is 11.4 Å². The zero-order chi connectivity index (χ0) is 30.8. The number of carbonyl (C=O) groups is 1. The van der Waals surface area contributed by atoms with E-state index in [9.17, 15) is 4.79 Å². The van der Waals surface area contributed by atoms with Crippen LogP contribution in [-0.2, 0) is 10.2 Å². The van der Waals surface area contributed by atoms with Crippen molar-refractivity contribution in [3.63, 3.8) is 0 Å². The molecule has 44 heavy (non-hydrogen) atoms. The summed E-state index contributed by atoms with van der Waals surface area (Å²) in [6.45, 7) is 6.20. The van der Waals surface area contributed by atoms with Crippen molar-refractivity contribution < 1.29 is 14.1 Å². The number of hydrogen-bond donors (Lipinski definition) is 2. The van der Waals surface area contributed by atoms with E-state index in [1.54, 1.807) is 7.05 Å². The van der Waals surface area contributed by atoms with Crippen LogP contribution < -0.4 is 15.8 Å². The normalized spacial score (nSPS) is 17.9. The third-order valence-corrected chi connectivity index (χ3v) is 8.45. The Morgan fingerprint density at radius 1 is 1.05 bits per heavy atom. The number of carbonyl (C=O) groups excluding carboxylic acids is 1. The van der Waals surface area contributed by atoms with Crippen LogP contribution in [0.3, 0.4) is 0 Å². The van der Waals surface area contributed by atoms with Crippen LogP contribution in [-0.4, -0.2) is 37.7 Å². The van der Waals surface area contributed by atoms with Crippen LogP contribution in [0.5, 0.6) is 11.5 Å². The van der Waals surface area contributed by atoms with E-state index in [1.165, 1.54) is 6.33 Å². The fraction of sp³-hybridized carbons (Fsp3) is 0.382. The minimum Gasteiger partial charge on any atom is -0.457 e. The number of benzene rings is 2. The van der Waals surface area contributed by atoms with Crippen molar-refractivity contribution in [2.75, 3.05) is 12.8 Å². The zero-order valence-corrected chi connectivity index (χ0v) is 25.7. The highest BCUT2D eigenvalue weighted by Crippen LogP contribution is 2.39. The number of aromatic nitrogens is 5. The van der Waals surface area contributed by atoms with Crippen molar-refractivity contribution >= 4 is 22.6 Å². The number of nitrogen functional groups attached to an aromatic ring is 1. The first-order chi connectivity index (χ1) is 21.2. The molecule has 2 aromatic carbocycles. The number of rotatable bonds is 9. The first-order valence-electron chi connectivity index (χ1n) is 15.2. The number of anilines is 1. The molecular weight excluding hydrogens is 554 g/mol. The van der Waals surface area contributed by atoms with Crippen molar-refractivity contribution in [3.8, 4) is 22.8 Å². The summed E-state index contributed by atoms with van der Waals surface area (Å²) >= 11 is 0. The van der Waals surface area contributed by atoms with Crippen molar-refractivity contribution in [3.05, 3.63) is 78.4 Å². The molecule has 1 saturated carbocycles. The highest BCUT2D eigenvalue weighted by Gasteiger charge is 2.31. The monoisotopic (exact) mass is 593 g/mol. The standard InChI is InChI=1S/C34H39N7O3/c1-34(2,3)28-19-26(40-44-28)31(36-4)27(42)18-21-10-14-23(15-11-21)41-33-29(32(35)37-20-38-33)30(39-41)22-12-16-25(17-13-22)43-24-8-6-5-7-9-24/h5-9,12-13,16-17,19-21,23,31,36H,10-11,14-15,18H2,1-4H3,(H2,35,37,38)/t21?,23?,31-/m0/s1. The molecule has 1 aliphatic carbocycles. The van der Waals surface area contributed by atoms with Crippen LogP contribution in [0, 0.1) is 5.92 Å². The highest BCUT2D eigenvalue weighted by molar-refractivity contribution is 5.98. The van der Waals surface area contributed by atoms with Gasteiger partial charge in [0.05, 0.1) is 11.4 Å². The van der Waals surface area contributed by atoms with Gasteiger partial charge in [0.1, 0.15) is 46.8 Å². The predicted octanol–water partition coefficient (Wildman–Crippen LogP) is 6.80. The maximum atomic E-state index is 13.4. The van der Waals surface area contributed by atoms with E-state index in [0.717, 1.165) is 65.2 Å². The number of Topliss-reactive ketones (excluding diaryl/α,β-unsaturated/α-hetero) is 1. The lowest BCUT2D eigenvalue weighted by Gasteiger charge is -2.29.